The maximum absolute atomic E-state index is 12.8. The van der Waals surface area contributed by atoms with Crippen LogP contribution in [0.4, 0.5) is 0 Å². The molecular weight excluding hydrogens is 499 g/mol. The minimum Gasteiger partial charge on any atom is -0.376 e. The van der Waals surface area contributed by atoms with Crippen molar-refractivity contribution in [3.8, 4) is 11.1 Å². The molecule has 1 atom stereocenters. The number of nitrogens with zero attached hydrogens (tertiary/aromatic N) is 2. The van der Waals surface area contributed by atoms with Gasteiger partial charge in [-0.05, 0) is 72.5 Å². The Kier molecular flexibility index (Phi) is 7.32. The van der Waals surface area contributed by atoms with E-state index in [1.54, 1.807) is 17.7 Å². The number of hydrogen-bond acceptors (Lipinski definition) is 2. The van der Waals surface area contributed by atoms with E-state index in [1.807, 2.05) is 80.7 Å². The Bertz CT molecular complexity index is 1470. The molecule has 0 spiro atoms. The standard InChI is InChI=1S/C29H27Cl3N2O/c1-5-27(33(3)6-2)29(32,20-10-13-22(30)14-11-20)21-12-15-26-25(17-21)24(18-28(35)34(26)4)19-8-7-9-23(31)16-19/h5,7-18H,6H2,1-4H3/b27-5-. The molecule has 0 N–H and O–H groups in total. The SMILES string of the molecule is C/C=C(\N(C)CC)C(Cl)(c1ccc(Cl)cc1)c1ccc2c(c1)c(-c1cccc(Cl)c1)cc(=O)n2C. The zero-order valence-electron chi connectivity index (χ0n) is 20.1. The van der Waals surface area contributed by atoms with Crippen LogP contribution in [0.25, 0.3) is 22.0 Å². The summed E-state index contributed by atoms with van der Waals surface area (Å²) in [7, 11) is 3.81. The van der Waals surface area contributed by atoms with Crippen molar-refractivity contribution in [2.45, 2.75) is 18.7 Å². The van der Waals surface area contributed by atoms with E-state index in [4.69, 9.17) is 34.8 Å². The number of benzene rings is 3. The van der Waals surface area contributed by atoms with Gasteiger partial charge >= 0.3 is 0 Å². The van der Waals surface area contributed by atoms with Crippen molar-refractivity contribution in [2.24, 2.45) is 7.05 Å². The zero-order chi connectivity index (χ0) is 25.3. The summed E-state index contributed by atoms with van der Waals surface area (Å²) in [5.41, 5.74) is 5.17. The Balaban J connectivity index is 2.07. The second-order valence-corrected chi connectivity index (χ2v) is 9.99. The quantitative estimate of drug-likeness (QED) is 0.239. The van der Waals surface area contributed by atoms with Crippen molar-refractivity contribution in [2.75, 3.05) is 13.6 Å². The van der Waals surface area contributed by atoms with Gasteiger partial charge in [-0.3, -0.25) is 4.79 Å². The van der Waals surface area contributed by atoms with Crippen LogP contribution in [-0.2, 0) is 11.9 Å². The minimum absolute atomic E-state index is 0.0880. The minimum atomic E-state index is -0.974. The third-order valence-electron chi connectivity index (χ3n) is 6.53. The summed E-state index contributed by atoms with van der Waals surface area (Å²) in [6.45, 7) is 4.88. The summed E-state index contributed by atoms with van der Waals surface area (Å²) >= 11 is 20.1. The molecule has 6 heteroatoms. The first-order valence-corrected chi connectivity index (χ1v) is 12.6. The van der Waals surface area contributed by atoms with Crippen molar-refractivity contribution in [1.82, 2.24) is 9.47 Å². The van der Waals surface area contributed by atoms with Crippen LogP contribution in [0.1, 0.15) is 25.0 Å². The number of halogens is 3. The van der Waals surface area contributed by atoms with Gasteiger partial charge in [0.25, 0.3) is 5.56 Å². The van der Waals surface area contributed by atoms with Gasteiger partial charge in [0.15, 0.2) is 0 Å². The number of pyridine rings is 1. The fourth-order valence-electron chi connectivity index (χ4n) is 4.56. The van der Waals surface area contributed by atoms with Gasteiger partial charge in [-0.25, -0.2) is 0 Å². The van der Waals surface area contributed by atoms with Crippen LogP contribution in [-0.4, -0.2) is 23.1 Å². The highest BCUT2D eigenvalue weighted by Gasteiger charge is 2.38. The lowest BCUT2D eigenvalue weighted by Crippen LogP contribution is -2.33. The summed E-state index contributed by atoms with van der Waals surface area (Å²) in [4.78, 5) is 14.0. The van der Waals surface area contributed by atoms with Crippen LogP contribution >= 0.6 is 34.8 Å². The van der Waals surface area contributed by atoms with E-state index in [0.717, 1.165) is 45.4 Å². The molecule has 1 unspecified atom stereocenters. The maximum atomic E-state index is 12.8. The number of fused-ring (bicyclic) bond motifs is 1. The van der Waals surface area contributed by atoms with E-state index in [1.165, 1.54) is 0 Å². The first kappa shape index (κ1) is 25.4. The molecule has 0 aliphatic carbocycles. The van der Waals surface area contributed by atoms with Gasteiger partial charge in [0.05, 0.1) is 5.52 Å². The molecule has 0 bridgehead atoms. The Hall–Kier alpha value is -2.72. The molecule has 0 radical (unpaired) electrons. The number of allylic oxidation sites excluding steroid dienone is 2. The topological polar surface area (TPSA) is 25.2 Å². The average Bonchev–Trinajstić information content (AvgIpc) is 2.86. The molecular formula is C29H27Cl3N2O. The number of likely N-dealkylation sites (N-methyl/N-ethyl adjacent to an activating group) is 1. The lowest BCUT2D eigenvalue weighted by atomic mass is 9.85. The Morgan fingerprint density at radius 3 is 2.29 bits per heavy atom. The molecule has 0 saturated heterocycles. The summed E-state index contributed by atoms with van der Waals surface area (Å²) in [5, 5.41) is 2.18. The Morgan fingerprint density at radius 2 is 1.66 bits per heavy atom. The third-order valence-corrected chi connectivity index (χ3v) is 7.65. The van der Waals surface area contributed by atoms with Gasteiger partial charge in [0, 0.05) is 47.8 Å². The van der Waals surface area contributed by atoms with E-state index in [9.17, 15) is 4.79 Å². The van der Waals surface area contributed by atoms with Gasteiger partial charge in [-0.2, -0.15) is 0 Å². The molecule has 0 aliphatic heterocycles. The van der Waals surface area contributed by atoms with E-state index < -0.39 is 4.87 Å². The number of aromatic nitrogens is 1. The van der Waals surface area contributed by atoms with E-state index in [2.05, 4.69) is 17.9 Å². The monoisotopic (exact) mass is 524 g/mol. The Labute approximate surface area is 221 Å². The van der Waals surface area contributed by atoms with E-state index >= 15 is 0 Å². The van der Waals surface area contributed by atoms with Crippen LogP contribution in [0.5, 0.6) is 0 Å². The van der Waals surface area contributed by atoms with Crippen LogP contribution in [0.2, 0.25) is 10.0 Å². The molecule has 0 aliphatic rings. The molecule has 3 nitrogen and oxygen atoms in total. The van der Waals surface area contributed by atoms with Crippen molar-refractivity contribution >= 4 is 45.7 Å². The van der Waals surface area contributed by atoms with Crippen molar-refractivity contribution in [3.63, 3.8) is 0 Å². The van der Waals surface area contributed by atoms with Gasteiger partial charge in [0.2, 0.25) is 0 Å². The molecule has 35 heavy (non-hydrogen) atoms. The summed E-state index contributed by atoms with van der Waals surface area (Å²) in [5.74, 6) is 0. The Morgan fingerprint density at radius 1 is 0.971 bits per heavy atom. The predicted octanol–water partition coefficient (Wildman–Crippen LogP) is 7.85. The zero-order valence-corrected chi connectivity index (χ0v) is 22.4. The lowest BCUT2D eigenvalue weighted by molar-refractivity contribution is 0.405. The van der Waals surface area contributed by atoms with E-state index in [-0.39, 0.29) is 5.56 Å². The average molecular weight is 526 g/mol. The number of rotatable bonds is 6. The van der Waals surface area contributed by atoms with Gasteiger partial charge < -0.3 is 9.47 Å². The van der Waals surface area contributed by atoms with Crippen LogP contribution in [0.15, 0.2) is 89.4 Å². The molecule has 1 aromatic heterocycles. The third kappa shape index (κ3) is 4.61. The highest BCUT2D eigenvalue weighted by Crippen LogP contribution is 2.46. The molecule has 4 rings (SSSR count). The molecule has 3 aromatic carbocycles. The highest BCUT2D eigenvalue weighted by molar-refractivity contribution is 6.31. The highest BCUT2D eigenvalue weighted by atomic mass is 35.5. The molecule has 4 aromatic rings. The van der Waals surface area contributed by atoms with Gasteiger partial charge in [0.1, 0.15) is 4.87 Å². The van der Waals surface area contributed by atoms with Crippen LogP contribution in [0, 0.1) is 0 Å². The predicted molar refractivity (Wildman–Crippen MR) is 150 cm³/mol. The fraction of sp³-hybridized carbons (Fsp3) is 0.207. The number of alkyl halides is 1. The first-order chi connectivity index (χ1) is 16.7. The fourth-order valence-corrected chi connectivity index (χ4v) is 5.38. The lowest BCUT2D eigenvalue weighted by Gasteiger charge is -2.37. The van der Waals surface area contributed by atoms with Crippen LogP contribution in [0.3, 0.4) is 0 Å². The van der Waals surface area contributed by atoms with Gasteiger partial charge in [-0.1, -0.05) is 59.6 Å². The van der Waals surface area contributed by atoms with Gasteiger partial charge in [-0.15, -0.1) is 11.6 Å². The first-order valence-electron chi connectivity index (χ1n) is 11.4. The van der Waals surface area contributed by atoms with E-state index in [0.29, 0.717) is 10.0 Å². The molecule has 0 fully saturated rings. The maximum Gasteiger partial charge on any atom is 0.251 e. The molecule has 180 valence electrons. The second kappa shape index (κ2) is 10.1. The summed E-state index contributed by atoms with van der Waals surface area (Å²) < 4.78 is 1.65. The van der Waals surface area contributed by atoms with Crippen molar-refractivity contribution < 1.29 is 0 Å². The number of hydrogen-bond donors (Lipinski definition) is 0. The van der Waals surface area contributed by atoms with Crippen molar-refractivity contribution in [3.05, 3.63) is 116 Å². The van der Waals surface area contributed by atoms with Crippen LogP contribution < -0.4 is 5.56 Å². The largest absolute Gasteiger partial charge is 0.376 e. The smallest absolute Gasteiger partial charge is 0.251 e. The normalized spacial score (nSPS) is 13.6. The number of aryl methyl sites for hydroxylation is 1. The molecule has 0 saturated carbocycles. The van der Waals surface area contributed by atoms with Crippen molar-refractivity contribution in [1.29, 1.82) is 0 Å². The molecule has 1 heterocycles. The molecule has 0 amide bonds. The second-order valence-electron chi connectivity index (χ2n) is 8.55. The summed E-state index contributed by atoms with van der Waals surface area (Å²) in [6.07, 6.45) is 2.05. The summed E-state index contributed by atoms with van der Waals surface area (Å²) in [6, 6.07) is 22.9.